The quantitative estimate of drug-likeness (QED) is 0.205. The van der Waals surface area contributed by atoms with Crippen LogP contribution in [0.3, 0.4) is 0 Å². The number of hydrogen-bond acceptors (Lipinski definition) is 5. The van der Waals surface area contributed by atoms with E-state index in [2.05, 4.69) is 6.92 Å². The SMILES string of the molecule is CCCCCCCCCCCCCCCCCCC(CC(=O)[O-])[C@@](C)(C(=O)[O-])N(C)C.[NH4+].[NH4+]. The van der Waals surface area contributed by atoms with Gasteiger partial charge in [-0.3, -0.25) is 4.90 Å². The molecule has 0 aliphatic rings. The lowest BCUT2D eigenvalue weighted by Crippen LogP contribution is -2.60. The van der Waals surface area contributed by atoms with Gasteiger partial charge in [-0.2, -0.15) is 0 Å². The van der Waals surface area contributed by atoms with Gasteiger partial charge in [0, 0.05) is 5.97 Å². The second-order valence-electron chi connectivity index (χ2n) is 9.69. The van der Waals surface area contributed by atoms with Gasteiger partial charge in [-0.25, -0.2) is 0 Å². The Bertz CT molecular complexity index is 474. The predicted molar refractivity (Wildman–Crippen MR) is 136 cm³/mol. The second kappa shape index (κ2) is 22.6. The molecule has 1 unspecified atom stereocenters. The maximum absolute atomic E-state index is 11.7. The number of carbonyl (C=O) groups excluding carboxylic acids is 2. The Labute approximate surface area is 204 Å². The molecule has 0 amide bonds. The van der Waals surface area contributed by atoms with Crippen molar-refractivity contribution < 1.29 is 19.8 Å². The molecule has 0 aromatic heterocycles. The molecule has 8 N–H and O–H groups in total. The Morgan fingerprint density at radius 1 is 0.697 bits per heavy atom. The van der Waals surface area contributed by atoms with E-state index in [1.807, 2.05) is 0 Å². The molecule has 33 heavy (non-hydrogen) atoms. The molecule has 0 aromatic rings. The summed E-state index contributed by atoms with van der Waals surface area (Å²) in [5, 5.41) is 22.8. The number of carboxylic acids is 2. The van der Waals surface area contributed by atoms with Crippen LogP contribution in [-0.2, 0) is 9.59 Å². The van der Waals surface area contributed by atoms with Crippen molar-refractivity contribution in [2.75, 3.05) is 14.1 Å². The van der Waals surface area contributed by atoms with E-state index in [1.165, 1.54) is 83.5 Å². The summed E-state index contributed by atoms with van der Waals surface area (Å²) in [5.74, 6) is -2.93. The summed E-state index contributed by atoms with van der Waals surface area (Å²) < 4.78 is 0. The molecule has 0 fully saturated rings. The van der Waals surface area contributed by atoms with Gasteiger partial charge in [-0.1, -0.05) is 110 Å². The van der Waals surface area contributed by atoms with Gasteiger partial charge in [-0.15, -0.1) is 0 Å². The van der Waals surface area contributed by atoms with E-state index < -0.39 is 23.4 Å². The molecule has 0 radical (unpaired) electrons. The van der Waals surface area contributed by atoms with E-state index >= 15 is 0 Å². The minimum atomic E-state index is -1.30. The Kier molecular flexibility index (Phi) is 24.9. The third-order valence-electron chi connectivity index (χ3n) is 6.96. The van der Waals surface area contributed by atoms with Crippen molar-refractivity contribution in [2.45, 2.75) is 135 Å². The Hall–Kier alpha value is -1.18. The Morgan fingerprint density at radius 3 is 1.30 bits per heavy atom. The lowest BCUT2D eigenvalue weighted by atomic mass is 9.78. The van der Waals surface area contributed by atoms with Gasteiger partial charge in [0.25, 0.3) is 0 Å². The molecule has 0 spiro atoms. The van der Waals surface area contributed by atoms with E-state index in [1.54, 1.807) is 25.9 Å². The van der Waals surface area contributed by atoms with Gasteiger partial charge in [0.15, 0.2) is 0 Å². The van der Waals surface area contributed by atoms with Crippen molar-refractivity contribution in [1.29, 1.82) is 0 Å². The van der Waals surface area contributed by atoms with E-state index in [9.17, 15) is 19.8 Å². The highest BCUT2D eigenvalue weighted by molar-refractivity contribution is 5.78. The van der Waals surface area contributed by atoms with Crippen LogP contribution >= 0.6 is 0 Å². The number of carbonyl (C=O) groups is 2. The lowest BCUT2D eigenvalue weighted by Gasteiger charge is -2.44. The summed E-state index contributed by atoms with van der Waals surface area (Å²) in [6.07, 6.45) is 20.8. The van der Waals surface area contributed by atoms with Crippen LogP contribution in [0.15, 0.2) is 0 Å². The van der Waals surface area contributed by atoms with Crippen LogP contribution in [0.2, 0.25) is 0 Å². The monoisotopic (exact) mass is 475 g/mol. The highest BCUT2D eigenvalue weighted by Crippen LogP contribution is 2.30. The van der Waals surface area contributed by atoms with Crippen molar-refractivity contribution in [3.8, 4) is 0 Å². The molecule has 0 heterocycles. The van der Waals surface area contributed by atoms with Crippen LogP contribution < -0.4 is 22.5 Å². The summed E-state index contributed by atoms with van der Waals surface area (Å²) in [5.41, 5.74) is -1.30. The second-order valence-corrected chi connectivity index (χ2v) is 9.69. The molecule has 0 saturated carbocycles. The van der Waals surface area contributed by atoms with Gasteiger partial charge in [-0.05, 0) is 39.8 Å². The van der Waals surface area contributed by atoms with E-state index in [0.717, 1.165) is 19.3 Å². The molecule has 7 heteroatoms. The lowest BCUT2D eigenvalue weighted by molar-refractivity contribution is -0.322. The maximum Gasteiger partial charge on any atom is 0.0618 e. The smallest absolute Gasteiger partial charge is 0.0618 e. The maximum atomic E-state index is 11.7. The molecule has 0 bridgehead atoms. The van der Waals surface area contributed by atoms with Crippen molar-refractivity contribution in [1.82, 2.24) is 17.2 Å². The molecule has 0 aromatic carbocycles. The van der Waals surface area contributed by atoms with Gasteiger partial charge in [0.2, 0.25) is 0 Å². The van der Waals surface area contributed by atoms with Crippen molar-refractivity contribution in [3.05, 3.63) is 0 Å². The largest absolute Gasteiger partial charge is 0.550 e. The highest BCUT2D eigenvalue weighted by atomic mass is 16.4. The average Bonchev–Trinajstić information content (AvgIpc) is 2.71. The van der Waals surface area contributed by atoms with Crippen LogP contribution in [0.1, 0.15) is 129 Å². The highest BCUT2D eigenvalue weighted by Gasteiger charge is 2.37. The van der Waals surface area contributed by atoms with Gasteiger partial charge >= 0.3 is 0 Å². The number of hydrogen-bond donors (Lipinski definition) is 2. The van der Waals surface area contributed by atoms with Crippen molar-refractivity contribution >= 4 is 11.9 Å². The fourth-order valence-electron chi connectivity index (χ4n) is 4.44. The normalized spacial score (nSPS) is 13.6. The van der Waals surface area contributed by atoms with Crippen LogP contribution in [-0.4, -0.2) is 36.5 Å². The summed E-state index contributed by atoms with van der Waals surface area (Å²) in [6.45, 7) is 3.82. The molecular formula is C26H57N3O4. The Morgan fingerprint density at radius 2 is 1.03 bits per heavy atom. The first-order valence-corrected chi connectivity index (χ1v) is 12.9. The summed E-state index contributed by atoms with van der Waals surface area (Å²) in [7, 11) is 3.32. The number of unbranched alkanes of at least 4 members (excludes halogenated alkanes) is 15. The number of likely N-dealkylation sites (N-methyl/N-ethyl adjacent to an activating group) is 1. The number of aliphatic carboxylic acids is 2. The van der Waals surface area contributed by atoms with Crippen LogP contribution in [0.25, 0.3) is 0 Å². The molecule has 0 aliphatic heterocycles. The van der Waals surface area contributed by atoms with Crippen LogP contribution in [0, 0.1) is 5.92 Å². The van der Waals surface area contributed by atoms with Crippen molar-refractivity contribution in [3.63, 3.8) is 0 Å². The number of rotatable bonds is 22. The Balaban J connectivity index is -0.00000450. The number of carboxylic acid groups (broad SMARTS) is 2. The number of quaternary nitrogens is 2. The van der Waals surface area contributed by atoms with E-state index in [4.69, 9.17) is 0 Å². The standard InChI is InChI=1S/C26H51NO4.2H3N/c1-5-6-7-8-9-10-11-12-13-14-15-16-17-18-19-20-21-23(22-24(28)29)26(2,25(30)31)27(3)4;;/h23H,5-22H2,1-4H3,(H,28,29)(H,30,31);2*1H3/t23?,26-;;/m0../s1. The molecule has 0 aliphatic carbocycles. The summed E-state index contributed by atoms with van der Waals surface area (Å²) in [4.78, 5) is 24.4. The van der Waals surface area contributed by atoms with Crippen LogP contribution in [0.4, 0.5) is 0 Å². The average molecular weight is 476 g/mol. The molecule has 0 rings (SSSR count). The topological polar surface area (TPSA) is 156 Å². The van der Waals surface area contributed by atoms with Gasteiger partial charge in [0.1, 0.15) is 0 Å². The molecule has 2 atom stereocenters. The first-order chi connectivity index (χ1) is 14.8. The van der Waals surface area contributed by atoms with Crippen molar-refractivity contribution in [2.24, 2.45) is 5.92 Å². The van der Waals surface area contributed by atoms with Gasteiger partial charge < -0.3 is 32.1 Å². The zero-order chi connectivity index (χ0) is 23.5. The first kappa shape index (κ1) is 36.4. The summed E-state index contributed by atoms with van der Waals surface area (Å²) in [6, 6.07) is 0. The minimum absolute atomic E-state index is 0. The molecular weight excluding hydrogens is 418 g/mol. The van der Waals surface area contributed by atoms with E-state index in [0.29, 0.717) is 6.42 Å². The zero-order valence-corrected chi connectivity index (χ0v) is 22.9. The zero-order valence-electron chi connectivity index (χ0n) is 22.9. The first-order valence-electron chi connectivity index (χ1n) is 12.9. The number of nitrogens with zero attached hydrogens (tertiary/aromatic N) is 1. The van der Waals surface area contributed by atoms with Crippen LogP contribution in [0.5, 0.6) is 0 Å². The van der Waals surface area contributed by atoms with E-state index in [-0.39, 0.29) is 18.7 Å². The summed E-state index contributed by atoms with van der Waals surface area (Å²) >= 11 is 0. The minimum Gasteiger partial charge on any atom is -0.550 e. The fourth-order valence-corrected chi connectivity index (χ4v) is 4.44. The molecule has 200 valence electrons. The van der Waals surface area contributed by atoms with Gasteiger partial charge in [0.05, 0.1) is 11.5 Å². The third kappa shape index (κ3) is 17.0. The molecule has 0 saturated heterocycles. The third-order valence-corrected chi connectivity index (χ3v) is 6.96. The predicted octanol–water partition coefficient (Wildman–Crippen LogP) is 5.22. The molecule has 7 nitrogen and oxygen atoms in total. The fraction of sp³-hybridized carbons (Fsp3) is 0.923.